The minimum absolute atomic E-state index is 0.654. The average Bonchev–Trinajstić information content (AvgIpc) is 2.84. The highest BCUT2D eigenvalue weighted by Crippen LogP contribution is 2.33. The number of aromatic nitrogens is 2. The van der Waals surface area contributed by atoms with Crippen molar-refractivity contribution < 1.29 is 4.74 Å². The van der Waals surface area contributed by atoms with Crippen molar-refractivity contribution in [3.8, 4) is 5.75 Å². The summed E-state index contributed by atoms with van der Waals surface area (Å²) in [5.41, 5.74) is 2.18. The maximum atomic E-state index is 5.57. The smallest absolute Gasteiger partial charge is 0.139 e. The van der Waals surface area contributed by atoms with Crippen molar-refractivity contribution in [2.45, 2.75) is 38.6 Å². The van der Waals surface area contributed by atoms with Crippen LogP contribution in [0.3, 0.4) is 0 Å². The van der Waals surface area contributed by atoms with Crippen LogP contribution >= 0.6 is 31.9 Å². The number of halogens is 2. The number of hydrogen-bond acceptors (Lipinski definition) is 5. The van der Waals surface area contributed by atoms with Crippen LogP contribution < -0.4 is 15.0 Å². The number of para-hydroxylation sites is 1. The Morgan fingerprint density at radius 2 is 1.86 bits per heavy atom. The van der Waals surface area contributed by atoms with Crippen molar-refractivity contribution in [3.63, 3.8) is 0 Å². The fourth-order valence-electron chi connectivity index (χ4n) is 4.87. The summed E-state index contributed by atoms with van der Waals surface area (Å²) in [4.78, 5) is 11.7. The Morgan fingerprint density at radius 1 is 1.09 bits per heavy atom. The third-order valence-corrected chi connectivity index (χ3v) is 7.74. The summed E-state index contributed by atoms with van der Waals surface area (Å²) in [7, 11) is 5.80. The largest absolute Gasteiger partial charge is 0.495 e. The molecule has 0 saturated heterocycles. The molecule has 35 heavy (non-hydrogen) atoms. The SMILES string of the molecule is COc1c(Br)cc(Br)cc1CNCC1CCC(/C=C/Cc2nc(N(C)C)c3ccccc3n2)CC1. The van der Waals surface area contributed by atoms with Gasteiger partial charge in [-0.25, -0.2) is 9.97 Å². The standard InChI is InChI=1S/C28H34Br2N4O/c1-34(2)28-23-8-4-5-9-25(23)32-26(33-28)10-6-7-19-11-13-20(14-12-19)17-31-18-21-15-22(29)16-24(30)27(21)35-3/h4-9,15-16,19-20,31H,10-14,17-18H2,1-3H3/b7-6+. The Morgan fingerprint density at radius 3 is 2.60 bits per heavy atom. The molecule has 0 radical (unpaired) electrons. The number of nitrogens with one attached hydrogen (secondary N) is 1. The molecule has 1 aliphatic rings. The molecule has 0 aliphatic heterocycles. The molecule has 1 N–H and O–H groups in total. The molecule has 1 saturated carbocycles. The van der Waals surface area contributed by atoms with Gasteiger partial charge < -0.3 is 15.0 Å². The highest BCUT2D eigenvalue weighted by molar-refractivity contribution is 9.11. The molecule has 5 nitrogen and oxygen atoms in total. The second kappa shape index (κ2) is 12.3. The van der Waals surface area contributed by atoms with Gasteiger partial charge in [0.15, 0.2) is 0 Å². The molecule has 3 aromatic rings. The Hall–Kier alpha value is -1.96. The van der Waals surface area contributed by atoms with E-state index in [4.69, 9.17) is 14.7 Å². The summed E-state index contributed by atoms with van der Waals surface area (Å²) in [6, 6.07) is 12.4. The van der Waals surface area contributed by atoms with Crippen LogP contribution in [-0.4, -0.2) is 37.7 Å². The molecule has 7 heteroatoms. The second-order valence-electron chi connectivity index (χ2n) is 9.50. The molecule has 1 aromatic heterocycles. The molecule has 1 fully saturated rings. The molecule has 0 amide bonds. The van der Waals surface area contributed by atoms with E-state index in [0.29, 0.717) is 5.92 Å². The maximum absolute atomic E-state index is 5.57. The van der Waals surface area contributed by atoms with Crippen LogP contribution in [-0.2, 0) is 13.0 Å². The monoisotopic (exact) mass is 600 g/mol. The van der Waals surface area contributed by atoms with E-state index in [1.54, 1.807) is 7.11 Å². The molecular weight excluding hydrogens is 568 g/mol. The van der Waals surface area contributed by atoms with Crippen LogP contribution in [0.1, 0.15) is 37.1 Å². The van der Waals surface area contributed by atoms with Gasteiger partial charge in [0.05, 0.1) is 17.1 Å². The third kappa shape index (κ3) is 6.83. The molecule has 0 atom stereocenters. The Bertz CT molecular complexity index is 1170. The first kappa shape index (κ1) is 26.1. The molecule has 1 aliphatic carbocycles. The van der Waals surface area contributed by atoms with Crippen molar-refractivity contribution in [3.05, 3.63) is 68.9 Å². The number of anilines is 1. The topological polar surface area (TPSA) is 50.3 Å². The second-order valence-corrected chi connectivity index (χ2v) is 11.3. The zero-order valence-corrected chi connectivity index (χ0v) is 23.9. The van der Waals surface area contributed by atoms with E-state index in [-0.39, 0.29) is 0 Å². The van der Waals surface area contributed by atoms with Crippen LogP contribution in [0.4, 0.5) is 5.82 Å². The first-order valence-corrected chi connectivity index (χ1v) is 13.9. The molecule has 2 aromatic carbocycles. The normalized spacial score (nSPS) is 18.3. The van der Waals surface area contributed by atoms with Crippen LogP contribution in [0.25, 0.3) is 10.9 Å². The molecule has 1 heterocycles. The highest BCUT2D eigenvalue weighted by atomic mass is 79.9. The van der Waals surface area contributed by atoms with E-state index < -0.39 is 0 Å². The van der Waals surface area contributed by atoms with Gasteiger partial charge in [0.1, 0.15) is 17.4 Å². The van der Waals surface area contributed by atoms with Crippen molar-refractivity contribution in [1.29, 1.82) is 0 Å². The van der Waals surface area contributed by atoms with Crippen molar-refractivity contribution in [2.75, 3.05) is 32.6 Å². The summed E-state index contributed by atoms with van der Waals surface area (Å²) >= 11 is 7.17. The first-order chi connectivity index (χ1) is 16.9. The van der Waals surface area contributed by atoms with E-state index in [9.17, 15) is 0 Å². The molecule has 0 bridgehead atoms. The van der Waals surface area contributed by atoms with Gasteiger partial charge >= 0.3 is 0 Å². The van der Waals surface area contributed by atoms with Crippen LogP contribution in [0, 0.1) is 11.8 Å². The fraction of sp³-hybridized carbons (Fsp3) is 0.429. The van der Waals surface area contributed by atoms with Gasteiger partial charge in [-0.3, -0.25) is 0 Å². The number of allylic oxidation sites excluding steroid dienone is 2. The number of benzene rings is 2. The zero-order chi connectivity index (χ0) is 24.8. The summed E-state index contributed by atoms with van der Waals surface area (Å²) in [6.45, 7) is 1.85. The van der Waals surface area contributed by atoms with Crippen LogP contribution in [0.15, 0.2) is 57.5 Å². The van der Waals surface area contributed by atoms with Gasteiger partial charge in [-0.1, -0.05) is 40.2 Å². The van der Waals surface area contributed by atoms with Crippen molar-refractivity contribution >= 4 is 48.6 Å². The van der Waals surface area contributed by atoms with E-state index in [1.807, 2.05) is 32.3 Å². The Balaban J connectivity index is 1.25. The predicted octanol–water partition coefficient (Wildman–Crippen LogP) is 6.92. The van der Waals surface area contributed by atoms with Gasteiger partial charge in [-0.2, -0.15) is 0 Å². The number of hydrogen-bond donors (Lipinski definition) is 1. The quantitative estimate of drug-likeness (QED) is 0.270. The van der Waals surface area contributed by atoms with E-state index in [0.717, 1.165) is 62.7 Å². The third-order valence-electron chi connectivity index (χ3n) is 6.69. The summed E-state index contributed by atoms with van der Waals surface area (Å²) in [5.74, 6) is 4.16. The number of nitrogens with zero attached hydrogens (tertiary/aromatic N) is 3. The van der Waals surface area contributed by atoms with Gasteiger partial charge in [0, 0.05) is 42.5 Å². The lowest BCUT2D eigenvalue weighted by Gasteiger charge is -2.27. The van der Waals surface area contributed by atoms with E-state index >= 15 is 0 Å². The number of ether oxygens (including phenoxy) is 1. The lowest BCUT2D eigenvalue weighted by Crippen LogP contribution is -2.26. The van der Waals surface area contributed by atoms with Crippen LogP contribution in [0.2, 0.25) is 0 Å². The first-order valence-electron chi connectivity index (χ1n) is 12.3. The van der Waals surface area contributed by atoms with Crippen molar-refractivity contribution in [1.82, 2.24) is 15.3 Å². The maximum Gasteiger partial charge on any atom is 0.139 e. The molecule has 0 unspecified atom stereocenters. The molecule has 0 spiro atoms. The van der Waals surface area contributed by atoms with Gasteiger partial charge in [-0.15, -0.1) is 0 Å². The molecule has 186 valence electrons. The molecule has 4 rings (SSSR count). The highest BCUT2D eigenvalue weighted by Gasteiger charge is 2.19. The van der Waals surface area contributed by atoms with Crippen molar-refractivity contribution in [2.24, 2.45) is 11.8 Å². The number of methoxy groups -OCH3 is 1. The summed E-state index contributed by atoms with van der Waals surface area (Å²) < 4.78 is 7.60. The fourth-order valence-corrected chi connectivity index (χ4v) is 6.35. The van der Waals surface area contributed by atoms with E-state index in [2.05, 4.69) is 72.4 Å². The number of rotatable bonds is 9. The Kier molecular flexibility index (Phi) is 9.20. The lowest BCUT2D eigenvalue weighted by atomic mass is 9.81. The van der Waals surface area contributed by atoms with E-state index in [1.165, 1.54) is 31.2 Å². The summed E-state index contributed by atoms with van der Waals surface area (Å²) in [6.07, 6.45) is 10.5. The van der Waals surface area contributed by atoms with Gasteiger partial charge in [0.2, 0.25) is 0 Å². The van der Waals surface area contributed by atoms with Crippen LogP contribution in [0.5, 0.6) is 5.75 Å². The predicted molar refractivity (Wildman–Crippen MR) is 152 cm³/mol. The molecular formula is C28H34Br2N4O. The average molecular weight is 602 g/mol. The summed E-state index contributed by atoms with van der Waals surface area (Å²) in [5, 5.41) is 4.75. The number of fused-ring (bicyclic) bond motifs is 1. The van der Waals surface area contributed by atoms with Gasteiger partial charge in [0.25, 0.3) is 0 Å². The Labute approximate surface area is 225 Å². The van der Waals surface area contributed by atoms with Gasteiger partial charge in [-0.05, 0) is 84.3 Å². The lowest BCUT2D eigenvalue weighted by molar-refractivity contribution is 0.299. The minimum Gasteiger partial charge on any atom is -0.495 e. The minimum atomic E-state index is 0.654. The zero-order valence-electron chi connectivity index (χ0n) is 20.7.